The van der Waals surface area contributed by atoms with E-state index in [1.54, 1.807) is 24.3 Å². The Morgan fingerprint density at radius 1 is 0.750 bits per heavy atom. The molecular weight excluding hydrogens is 356 g/mol. The van der Waals surface area contributed by atoms with Gasteiger partial charge in [0.15, 0.2) is 0 Å². The molecule has 0 saturated heterocycles. The Bertz CT molecular complexity index is 989. The Morgan fingerprint density at radius 2 is 1.29 bits per heavy atom. The van der Waals surface area contributed by atoms with Crippen LogP contribution < -0.4 is 9.47 Å². The van der Waals surface area contributed by atoms with Gasteiger partial charge in [-0.1, -0.05) is 35.4 Å². The number of aliphatic hydroxyl groups excluding tert-OH is 1. The standard InChI is InChI=1S/C23H20O5/c1-15-3-7-17(8-4-15)22(25)28-21-12-9-18(13-19(21)14-24)23(26)27-20-10-5-16(2)6-11-20/h3-13,24H,14H2,1-2H3. The summed E-state index contributed by atoms with van der Waals surface area (Å²) in [5, 5.41) is 9.62. The summed E-state index contributed by atoms with van der Waals surface area (Å²) in [6.45, 7) is 3.48. The minimum Gasteiger partial charge on any atom is -0.423 e. The number of aliphatic hydroxyl groups is 1. The van der Waals surface area contributed by atoms with Gasteiger partial charge in [-0.05, 0) is 56.3 Å². The Morgan fingerprint density at radius 3 is 1.89 bits per heavy atom. The summed E-state index contributed by atoms with van der Waals surface area (Å²) < 4.78 is 10.7. The zero-order valence-corrected chi connectivity index (χ0v) is 15.6. The van der Waals surface area contributed by atoms with Gasteiger partial charge in [-0.15, -0.1) is 0 Å². The first-order valence-corrected chi connectivity index (χ1v) is 8.78. The minimum atomic E-state index is -0.560. The summed E-state index contributed by atoms with van der Waals surface area (Å²) in [6, 6.07) is 18.5. The van der Waals surface area contributed by atoms with Crippen molar-refractivity contribution in [1.29, 1.82) is 0 Å². The van der Waals surface area contributed by atoms with Gasteiger partial charge >= 0.3 is 11.9 Å². The maximum Gasteiger partial charge on any atom is 0.343 e. The van der Waals surface area contributed by atoms with E-state index in [4.69, 9.17) is 9.47 Å². The van der Waals surface area contributed by atoms with Crippen LogP contribution in [0, 0.1) is 13.8 Å². The Labute approximate surface area is 163 Å². The number of hydrogen-bond acceptors (Lipinski definition) is 5. The lowest BCUT2D eigenvalue weighted by atomic mass is 10.1. The Hall–Kier alpha value is -3.44. The lowest BCUT2D eigenvalue weighted by molar-refractivity contribution is 0.0729. The third kappa shape index (κ3) is 4.64. The first kappa shape index (κ1) is 19.3. The van der Waals surface area contributed by atoms with E-state index in [-0.39, 0.29) is 17.9 Å². The molecule has 0 saturated carbocycles. The van der Waals surface area contributed by atoms with Crippen molar-refractivity contribution in [3.8, 4) is 11.5 Å². The number of carbonyl (C=O) groups is 2. The molecule has 142 valence electrons. The van der Waals surface area contributed by atoms with E-state index in [9.17, 15) is 14.7 Å². The molecule has 28 heavy (non-hydrogen) atoms. The molecule has 0 atom stereocenters. The van der Waals surface area contributed by atoms with Crippen molar-refractivity contribution in [3.63, 3.8) is 0 Å². The minimum absolute atomic E-state index is 0.194. The van der Waals surface area contributed by atoms with E-state index < -0.39 is 11.9 Å². The molecule has 0 fully saturated rings. The lowest BCUT2D eigenvalue weighted by Crippen LogP contribution is -2.12. The first-order valence-electron chi connectivity index (χ1n) is 8.78. The molecule has 0 aliphatic carbocycles. The summed E-state index contributed by atoms with van der Waals surface area (Å²) in [6.07, 6.45) is 0. The van der Waals surface area contributed by atoms with Crippen molar-refractivity contribution in [2.24, 2.45) is 0 Å². The molecule has 0 radical (unpaired) electrons. The normalized spacial score (nSPS) is 10.4. The first-order chi connectivity index (χ1) is 13.5. The van der Waals surface area contributed by atoms with Crippen molar-refractivity contribution in [2.45, 2.75) is 20.5 Å². The molecule has 1 N–H and O–H groups in total. The monoisotopic (exact) mass is 376 g/mol. The summed E-state index contributed by atoms with van der Waals surface area (Å²) >= 11 is 0. The van der Waals surface area contributed by atoms with Gasteiger partial charge < -0.3 is 14.6 Å². The molecule has 0 spiro atoms. The van der Waals surface area contributed by atoms with Crippen molar-refractivity contribution in [1.82, 2.24) is 0 Å². The highest BCUT2D eigenvalue weighted by molar-refractivity contribution is 5.93. The number of aryl methyl sites for hydroxylation is 2. The van der Waals surface area contributed by atoms with Crippen LogP contribution in [-0.2, 0) is 6.61 Å². The van der Waals surface area contributed by atoms with E-state index in [0.717, 1.165) is 11.1 Å². The summed E-state index contributed by atoms with van der Waals surface area (Å²) in [5.41, 5.74) is 3.06. The zero-order valence-electron chi connectivity index (χ0n) is 15.6. The SMILES string of the molecule is Cc1ccc(OC(=O)c2ccc(OC(=O)c3ccc(C)cc3)c(CO)c2)cc1. The number of rotatable bonds is 5. The fourth-order valence-corrected chi connectivity index (χ4v) is 2.55. The second-order valence-corrected chi connectivity index (χ2v) is 6.44. The number of benzene rings is 3. The predicted octanol–water partition coefficient (Wildman–Crippen LogP) is 4.23. The highest BCUT2D eigenvalue weighted by atomic mass is 16.5. The lowest BCUT2D eigenvalue weighted by Gasteiger charge is -2.11. The Kier molecular flexibility index (Phi) is 5.87. The third-order valence-electron chi connectivity index (χ3n) is 4.19. The average Bonchev–Trinajstić information content (AvgIpc) is 2.70. The number of esters is 2. The molecule has 0 aromatic heterocycles. The maximum atomic E-state index is 12.3. The van der Waals surface area contributed by atoms with Gasteiger partial charge in [0.1, 0.15) is 11.5 Å². The van der Waals surface area contributed by atoms with E-state index in [1.807, 2.05) is 38.1 Å². The number of carbonyl (C=O) groups excluding carboxylic acids is 2. The van der Waals surface area contributed by atoms with Crippen LogP contribution >= 0.6 is 0 Å². The summed E-state index contributed by atoms with van der Waals surface area (Å²) in [7, 11) is 0. The van der Waals surface area contributed by atoms with Crippen LogP contribution in [0.4, 0.5) is 0 Å². The third-order valence-corrected chi connectivity index (χ3v) is 4.19. The van der Waals surface area contributed by atoms with Crippen LogP contribution in [0.1, 0.15) is 37.4 Å². The van der Waals surface area contributed by atoms with Crippen LogP contribution in [0.15, 0.2) is 66.7 Å². The van der Waals surface area contributed by atoms with E-state index in [1.165, 1.54) is 18.2 Å². The number of hydrogen-bond donors (Lipinski definition) is 1. The van der Waals surface area contributed by atoms with Gasteiger partial charge in [0, 0.05) is 5.56 Å². The molecule has 3 aromatic carbocycles. The molecule has 0 bridgehead atoms. The summed E-state index contributed by atoms with van der Waals surface area (Å²) in [4.78, 5) is 24.6. The van der Waals surface area contributed by atoms with Crippen LogP contribution in [0.5, 0.6) is 11.5 Å². The van der Waals surface area contributed by atoms with Crippen molar-refractivity contribution >= 4 is 11.9 Å². The second-order valence-electron chi connectivity index (χ2n) is 6.44. The topological polar surface area (TPSA) is 72.8 Å². The largest absolute Gasteiger partial charge is 0.423 e. The van der Waals surface area contributed by atoms with Crippen molar-refractivity contribution in [2.75, 3.05) is 0 Å². The van der Waals surface area contributed by atoms with Crippen LogP contribution in [0.25, 0.3) is 0 Å². The molecule has 0 amide bonds. The fourth-order valence-electron chi connectivity index (χ4n) is 2.55. The molecule has 0 aliphatic heterocycles. The molecule has 0 unspecified atom stereocenters. The highest BCUT2D eigenvalue weighted by Crippen LogP contribution is 2.23. The predicted molar refractivity (Wildman–Crippen MR) is 105 cm³/mol. The molecule has 3 rings (SSSR count). The molecule has 5 nitrogen and oxygen atoms in total. The highest BCUT2D eigenvalue weighted by Gasteiger charge is 2.15. The van der Waals surface area contributed by atoms with Crippen molar-refractivity contribution in [3.05, 3.63) is 94.5 Å². The maximum absolute atomic E-state index is 12.3. The smallest absolute Gasteiger partial charge is 0.343 e. The van der Waals surface area contributed by atoms with E-state index in [2.05, 4.69) is 0 Å². The zero-order chi connectivity index (χ0) is 20.1. The van der Waals surface area contributed by atoms with Crippen LogP contribution in [0.3, 0.4) is 0 Å². The molecule has 0 aliphatic rings. The van der Waals surface area contributed by atoms with Gasteiger partial charge in [0.2, 0.25) is 0 Å². The number of ether oxygens (including phenoxy) is 2. The Balaban J connectivity index is 1.75. The molecule has 5 heteroatoms. The quantitative estimate of drug-likeness (QED) is 0.533. The molecule has 0 heterocycles. The van der Waals surface area contributed by atoms with Gasteiger partial charge in [-0.2, -0.15) is 0 Å². The van der Waals surface area contributed by atoms with E-state index in [0.29, 0.717) is 16.9 Å². The van der Waals surface area contributed by atoms with Crippen LogP contribution in [0.2, 0.25) is 0 Å². The van der Waals surface area contributed by atoms with Crippen LogP contribution in [-0.4, -0.2) is 17.0 Å². The second kappa shape index (κ2) is 8.50. The molecule has 3 aromatic rings. The van der Waals surface area contributed by atoms with Gasteiger partial charge in [-0.3, -0.25) is 0 Å². The van der Waals surface area contributed by atoms with Crippen molar-refractivity contribution < 1.29 is 24.2 Å². The van der Waals surface area contributed by atoms with Gasteiger partial charge in [0.05, 0.1) is 17.7 Å². The van der Waals surface area contributed by atoms with E-state index >= 15 is 0 Å². The molecular formula is C23H20O5. The van der Waals surface area contributed by atoms with Gasteiger partial charge in [-0.25, -0.2) is 9.59 Å². The fraction of sp³-hybridized carbons (Fsp3) is 0.130. The summed E-state index contributed by atoms with van der Waals surface area (Å²) in [5.74, 6) is -0.476. The average molecular weight is 376 g/mol. The van der Waals surface area contributed by atoms with Gasteiger partial charge in [0.25, 0.3) is 0 Å².